The van der Waals surface area contributed by atoms with Crippen LogP contribution in [0.15, 0.2) is 42.6 Å². The molecule has 0 radical (unpaired) electrons. The minimum absolute atomic E-state index is 0.177. The molecule has 0 aliphatic rings. The van der Waals surface area contributed by atoms with Gasteiger partial charge in [-0.25, -0.2) is 0 Å². The highest BCUT2D eigenvalue weighted by Gasteiger charge is 2.29. The molecule has 1 aromatic rings. The molecule has 25 heavy (non-hydrogen) atoms. The van der Waals surface area contributed by atoms with Crippen LogP contribution in [-0.2, 0) is 11.2 Å². The quantitative estimate of drug-likeness (QED) is 0.348. The fraction of sp³-hybridized carbons (Fsp3) is 0.522. The number of terminal acetylenes is 1. The fourth-order valence-electron chi connectivity index (χ4n) is 2.65. The number of hydrogen-bond donors (Lipinski definition) is 0. The van der Waals surface area contributed by atoms with Crippen molar-refractivity contribution in [2.45, 2.75) is 53.4 Å². The van der Waals surface area contributed by atoms with Gasteiger partial charge in [0.1, 0.15) is 6.29 Å². The topological polar surface area (TPSA) is 20.3 Å². The lowest BCUT2D eigenvalue weighted by Gasteiger charge is -2.37. The molecule has 0 saturated heterocycles. The SMILES string of the molecule is C#C.C=C(N(C)C)C(C)(C)C(C)CCCCc1ccccc1.CC=O. The Balaban J connectivity index is 0. The van der Waals surface area contributed by atoms with Crippen LogP contribution >= 0.6 is 0 Å². The Bertz CT molecular complexity index is 485. The van der Waals surface area contributed by atoms with E-state index in [1.807, 2.05) is 0 Å². The second kappa shape index (κ2) is 14.3. The van der Waals surface area contributed by atoms with Crippen LogP contribution in [0.3, 0.4) is 0 Å². The molecule has 140 valence electrons. The molecule has 0 heterocycles. The minimum Gasteiger partial charge on any atom is -0.381 e. The van der Waals surface area contributed by atoms with Gasteiger partial charge in [0.05, 0.1) is 0 Å². The maximum atomic E-state index is 8.81. The molecule has 1 unspecified atom stereocenters. The number of nitrogens with zero attached hydrogens (tertiary/aromatic N) is 1. The van der Waals surface area contributed by atoms with Crippen LogP contribution < -0.4 is 0 Å². The first-order valence-electron chi connectivity index (χ1n) is 8.91. The summed E-state index contributed by atoms with van der Waals surface area (Å²) in [6.45, 7) is 12.7. The van der Waals surface area contributed by atoms with Gasteiger partial charge in [0.25, 0.3) is 0 Å². The first-order chi connectivity index (χ1) is 11.8. The number of hydrogen-bond acceptors (Lipinski definition) is 2. The van der Waals surface area contributed by atoms with Crippen LogP contribution in [0.1, 0.15) is 52.5 Å². The minimum atomic E-state index is 0.177. The highest BCUT2D eigenvalue weighted by atomic mass is 16.1. The number of unbranched alkanes of at least 4 members (excludes halogenated alkanes) is 1. The first kappa shape index (κ1) is 25.2. The normalized spacial score (nSPS) is 11.0. The zero-order chi connectivity index (χ0) is 19.9. The molecule has 0 aliphatic heterocycles. The van der Waals surface area contributed by atoms with Gasteiger partial charge in [-0.1, -0.05) is 64.1 Å². The Morgan fingerprint density at radius 3 is 2.12 bits per heavy atom. The van der Waals surface area contributed by atoms with E-state index in [2.05, 4.69) is 89.5 Å². The van der Waals surface area contributed by atoms with Gasteiger partial charge in [-0.15, -0.1) is 12.8 Å². The smallest absolute Gasteiger partial charge is 0.116 e. The van der Waals surface area contributed by atoms with E-state index in [9.17, 15) is 0 Å². The molecule has 0 amide bonds. The Hall–Kier alpha value is -2.01. The molecule has 0 spiro atoms. The van der Waals surface area contributed by atoms with Gasteiger partial charge in [0.2, 0.25) is 0 Å². The highest BCUT2D eigenvalue weighted by molar-refractivity contribution is 5.44. The summed E-state index contributed by atoms with van der Waals surface area (Å²) in [4.78, 5) is 11.0. The summed E-state index contributed by atoms with van der Waals surface area (Å²) in [5, 5.41) is 0. The summed E-state index contributed by atoms with van der Waals surface area (Å²) in [6.07, 6.45) is 13.8. The van der Waals surface area contributed by atoms with Crippen LogP contribution in [0.25, 0.3) is 0 Å². The average Bonchev–Trinajstić information content (AvgIpc) is 2.61. The van der Waals surface area contributed by atoms with Gasteiger partial charge < -0.3 is 9.69 Å². The summed E-state index contributed by atoms with van der Waals surface area (Å²) < 4.78 is 0. The van der Waals surface area contributed by atoms with Crippen molar-refractivity contribution in [3.8, 4) is 12.8 Å². The third kappa shape index (κ3) is 10.5. The molecule has 1 rings (SSSR count). The Labute approximate surface area is 156 Å². The lowest BCUT2D eigenvalue weighted by molar-refractivity contribution is -0.106. The zero-order valence-corrected chi connectivity index (χ0v) is 17.1. The molecule has 0 saturated carbocycles. The molecule has 1 aromatic carbocycles. The Kier molecular flexibility index (Phi) is 14.5. The molecule has 0 aliphatic carbocycles. The van der Waals surface area contributed by atoms with Crippen molar-refractivity contribution >= 4 is 6.29 Å². The number of rotatable bonds is 8. The zero-order valence-electron chi connectivity index (χ0n) is 17.1. The van der Waals surface area contributed by atoms with E-state index in [1.165, 1.54) is 43.9 Å². The van der Waals surface area contributed by atoms with E-state index >= 15 is 0 Å². The molecule has 0 bridgehead atoms. The number of benzene rings is 1. The van der Waals surface area contributed by atoms with E-state index in [4.69, 9.17) is 4.79 Å². The number of carbonyl (C=O) groups is 1. The van der Waals surface area contributed by atoms with Crippen molar-refractivity contribution in [2.24, 2.45) is 11.3 Å². The van der Waals surface area contributed by atoms with Gasteiger partial charge in [-0.2, -0.15) is 0 Å². The van der Waals surface area contributed by atoms with Crippen molar-refractivity contribution in [3.05, 3.63) is 48.2 Å². The first-order valence-corrected chi connectivity index (χ1v) is 8.91. The predicted molar refractivity (Wildman–Crippen MR) is 111 cm³/mol. The number of carbonyl (C=O) groups excluding carboxylic acids is 1. The molecule has 0 fully saturated rings. The fourth-order valence-corrected chi connectivity index (χ4v) is 2.65. The monoisotopic (exact) mass is 343 g/mol. The van der Waals surface area contributed by atoms with Crippen LogP contribution in [0.2, 0.25) is 0 Å². The van der Waals surface area contributed by atoms with Crippen LogP contribution in [0.4, 0.5) is 0 Å². The lowest BCUT2D eigenvalue weighted by atomic mass is 9.74. The second-order valence-electron chi connectivity index (χ2n) is 6.93. The maximum Gasteiger partial charge on any atom is 0.116 e. The van der Waals surface area contributed by atoms with Crippen molar-refractivity contribution in [1.29, 1.82) is 0 Å². The predicted octanol–water partition coefficient (Wildman–Crippen LogP) is 5.59. The van der Waals surface area contributed by atoms with Gasteiger partial charge in [0.15, 0.2) is 0 Å². The molecule has 2 nitrogen and oxygen atoms in total. The third-order valence-electron chi connectivity index (χ3n) is 4.71. The van der Waals surface area contributed by atoms with Crippen molar-refractivity contribution in [2.75, 3.05) is 14.1 Å². The number of aryl methyl sites for hydroxylation is 1. The Morgan fingerprint density at radius 1 is 1.20 bits per heavy atom. The molecule has 2 heteroatoms. The van der Waals surface area contributed by atoms with E-state index in [0.717, 1.165) is 6.29 Å². The van der Waals surface area contributed by atoms with Gasteiger partial charge in [-0.05, 0) is 37.7 Å². The average molecular weight is 344 g/mol. The number of allylic oxidation sites excluding steroid dienone is 1. The van der Waals surface area contributed by atoms with Crippen molar-refractivity contribution < 1.29 is 4.79 Å². The van der Waals surface area contributed by atoms with E-state index in [0.29, 0.717) is 5.92 Å². The highest BCUT2D eigenvalue weighted by Crippen LogP contribution is 2.37. The standard InChI is InChI=1S/C19H31N.C2H4O.C2H2/c1-16(19(3,4)17(2)20(5)6)12-10-11-15-18-13-8-7-9-14-18;1-2-3;1-2/h7-9,13-14,16H,2,10-12,15H2,1,3-6H3;2H,1H3;1-2H. The Morgan fingerprint density at radius 2 is 1.68 bits per heavy atom. The van der Waals surface area contributed by atoms with Crippen LogP contribution in [0.5, 0.6) is 0 Å². The molecular weight excluding hydrogens is 306 g/mol. The van der Waals surface area contributed by atoms with E-state index in [1.54, 1.807) is 0 Å². The summed E-state index contributed by atoms with van der Waals surface area (Å²) >= 11 is 0. The van der Waals surface area contributed by atoms with Crippen molar-refractivity contribution in [3.63, 3.8) is 0 Å². The summed E-state index contributed by atoms with van der Waals surface area (Å²) in [6, 6.07) is 10.8. The van der Waals surface area contributed by atoms with Crippen molar-refractivity contribution in [1.82, 2.24) is 4.90 Å². The van der Waals surface area contributed by atoms with Crippen LogP contribution in [0, 0.1) is 24.2 Å². The molecule has 0 N–H and O–H groups in total. The largest absolute Gasteiger partial charge is 0.381 e. The van der Waals surface area contributed by atoms with Gasteiger partial charge >= 0.3 is 0 Å². The molecule has 1 atom stereocenters. The van der Waals surface area contributed by atoms with Gasteiger partial charge in [-0.3, -0.25) is 0 Å². The van der Waals surface area contributed by atoms with E-state index in [-0.39, 0.29) is 5.41 Å². The van der Waals surface area contributed by atoms with Crippen LogP contribution in [-0.4, -0.2) is 25.3 Å². The third-order valence-corrected chi connectivity index (χ3v) is 4.71. The summed E-state index contributed by atoms with van der Waals surface area (Å²) in [5.41, 5.74) is 2.86. The van der Waals surface area contributed by atoms with Gasteiger partial charge in [0, 0.05) is 25.2 Å². The van der Waals surface area contributed by atoms with E-state index < -0.39 is 0 Å². The lowest BCUT2D eigenvalue weighted by Crippen LogP contribution is -2.31. The second-order valence-corrected chi connectivity index (χ2v) is 6.93. The number of aldehydes is 1. The molecular formula is C23H37NO. The maximum absolute atomic E-state index is 8.81. The summed E-state index contributed by atoms with van der Waals surface area (Å²) in [5.74, 6) is 0.660. The summed E-state index contributed by atoms with van der Waals surface area (Å²) in [7, 11) is 4.18. The molecule has 0 aromatic heterocycles.